The van der Waals surface area contributed by atoms with Crippen LogP contribution >= 0.6 is 23.4 Å². The second-order valence-electron chi connectivity index (χ2n) is 5.66. The first-order valence-electron chi connectivity index (χ1n) is 8.28. The molecule has 134 valence electrons. The van der Waals surface area contributed by atoms with Gasteiger partial charge >= 0.3 is 0 Å². The van der Waals surface area contributed by atoms with E-state index in [9.17, 15) is 4.79 Å². The number of fused-ring (bicyclic) bond motifs is 1. The summed E-state index contributed by atoms with van der Waals surface area (Å²) in [5.74, 6) is -0.110. The van der Waals surface area contributed by atoms with Crippen LogP contribution in [0.5, 0.6) is 0 Å². The molecular weight excluding hydrogens is 368 g/mol. The van der Waals surface area contributed by atoms with Crippen LogP contribution in [0.3, 0.4) is 0 Å². The van der Waals surface area contributed by atoms with Crippen LogP contribution < -0.4 is 5.32 Å². The number of halogens is 1. The number of pyridine rings is 1. The number of hydrogen-bond acceptors (Lipinski definition) is 4. The van der Waals surface area contributed by atoms with Crippen molar-refractivity contribution in [3.63, 3.8) is 0 Å². The van der Waals surface area contributed by atoms with Crippen LogP contribution in [-0.4, -0.2) is 31.2 Å². The Balaban J connectivity index is 1.91. The molecule has 0 radical (unpaired) electrons. The van der Waals surface area contributed by atoms with Gasteiger partial charge in [0.25, 0.3) is 5.91 Å². The average molecular weight is 387 g/mol. The molecule has 3 rings (SSSR count). The predicted molar refractivity (Wildman–Crippen MR) is 106 cm³/mol. The Hall–Kier alpha value is -2.08. The van der Waals surface area contributed by atoms with Crippen LogP contribution in [0.4, 0.5) is 0 Å². The van der Waals surface area contributed by atoms with E-state index in [2.05, 4.69) is 10.3 Å². The van der Waals surface area contributed by atoms with Crippen molar-refractivity contribution in [2.45, 2.75) is 16.3 Å². The van der Waals surface area contributed by atoms with Gasteiger partial charge in [-0.1, -0.05) is 53.7 Å². The number of amides is 1. The highest BCUT2D eigenvalue weighted by Gasteiger charge is 2.14. The smallest absolute Gasteiger partial charge is 0.252 e. The van der Waals surface area contributed by atoms with Gasteiger partial charge in [-0.15, -0.1) is 0 Å². The Morgan fingerprint density at radius 2 is 1.96 bits per heavy atom. The minimum absolute atomic E-state index is 0.110. The summed E-state index contributed by atoms with van der Waals surface area (Å²) in [5.41, 5.74) is 1.40. The van der Waals surface area contributed by atoms with E-state index < -0.39 is 0 Å². The van der Waals surface area contributed by atoms with E-state index in [-0.39, 0.29) is 5.91 Å². The molecule has 0 bridgehead atoms. The summed E-state index contributed by atoms with van der Waals surface area (Å²) in [4.78, 5) is 18.3. The maximum absolute atomic E-state index is 12.7. The zero-order valence-corrected chi connectivity index (χ0v) is 15.9. The molecule has 1 N–H and O–H groups in total. The van der Waals surface area contributed by atoms with Gasteiger partial charge in [0.05, 0.1) is 16.1 Å². The molecule has 0 unspecified atom stereocenters. The zero-order valence-electron chi connectivity index (χ0n) is 14.4. The highest BCUT2D eigenvalue weighted by atomic mass is 35.5. The molecule has 0 aliphatic heterocycles. The van der Waals surface area contributed by atoms with Crippen LogP contribution in [0, 0.1) is 0 Å². The quantitative estimate of drug-likeness (QED) is 0.592. The number of rotatable bonds is 7. The molecule has 1 heterocycles. The van der Waals surface area contributed by atoms with Crippen molar-refractivity contribution >= 4 is 40.2 Å². The maximum atomic E-state index is 12.7. The molecule has 1 amide bonds. The van der Waals surface area contributed by atoms with Gasteiger partial charge in [0.1, 0.15) is 5.03 Å². The lowest BCUT2D eigenvalue weighted by Crippen LogP contribution is -2.25. The number of nitrogens with zero attached hydrogens (tertiary/aromatic N) is 1. The third-order valence-corrected chi connectivity index (χ3v) is 5.24. The SMILES string of the molecule is COCCCNC(=O)c1cc(Sc2ccccc2Cl)nc2ccccc12. The molecule has 0 aliphatic rings. The molecular formula is C20H19ClN2O2S. The Morgan fingerprint density at radius 3 is 2.77 bits per heavy atom. The molecule has 1 aromatic heterocycles. The minimum Gasteiger partial charge on any atom is -0.385 e. The van der Waals surface area contributed by atoms with Gasteiger partial charge in [-0.2, -0.15) is 0 Å². The first kappa shape index (κ1) is 18.7. The Kier molecular flexibility index (Phi) is 6.50. The van der Waals surface area contributed by atoms with E-state index in [0.29, 0.717) is 23.7 Å². The number of aromatic nitrogens is 1. The van der Waals surface area contributed by atoms with Gasteiger partial charge in [-0.3, -0.25) is 4.79 Å². The van der Waals surface area contributed by atoms with Gasteiger partial charge in [-0.25, -0.2) is 4.98 Å². The number of carbonyl (C=O) groups excluding carboxylic acids is 1. The van der Waals surface area contributed by atoms with E-state index >= 15 is 0 Å². The van der Waals surface area contributed by atoms with Crippen molar-refractivity contribution in [2.24, 2.45) is 0 Å². The van der Waals surface area contributed by atoms with Gasteiger partial charge in [0.15, 0.2) is 0 Å². The highest BCUT2D eigenvalue weighted by molar-refractivity contribution is 7.99. The van der Waals surface area contributed by atoms with Gasteiger partial charge in [0, 0.05) is 30.5 Å². The van der Waals surface area contributed by atoms with Crippen molar-refractivity contribution in [1.29, 1.82) is 0 Å². The molecule has 26 heavy (non-hydrogen) atoms. The first-order chi connectivity index (χ1) is 12.7. The minimum atomic E-state index is -0.110. The number of ether oxygens (including phenoxy) is 1. The maximum Gasteiger partial charge on any atom is 0.252 e. The van der Waals surface area contributed by atoms with E-state index in [4.69, 9.17) is 16.3 Å². The van der Waals surface area contributed by atoms with Crippen molar-refractivity contribution < 1.29 is 9.53 Å². The lowest BCUT2D eigenvalue weighted by atomic mass is 10.1. The average Bonchev–Trinajstić information content (AvgIpc) is 2.66. The summed E-state index contributed by atoms with van der Waals surface area (Å²) < 4.78 is 5.02. The fourth-order valence-corrected chi connectivity index (χ4v) is 3.65. The largest absolute Gasteiger partial charge is 0.385 e. The number of para-hydroxylation sites is 1. The lowest BCUT2D eigenvalue weighted by Gasteiger charge is -2.10. The first-order valence-corrected chi connectivity index (χ1v) is 9.48. The van der Waals surface area contributed by atoms with Crippen LogP contribution in [0.2, 0.25) is 5.02 Å². The van der Waals surface area contributed by atoms with E-state index in [1.54, 1.807) is 7.11 Å². The van der Waals surface area contributed by atoms with Crippen molar-refractivity contribution in [3.05, 3.63) is 65.2 Å². The van der Waals surface area contributed by atoms with Crippen LogP contribution in [0.15, 0.2) is 64.5 Å². The molecule has 0 saturated heterocycles. The second kappa shape index (κ2) is 9.03. The molecule has 6 heteroatoms. The van der Waals surface area contributed by atoms with Gasteiger partial charge in [-0.05, 0) is 30.7 Å². The number of benzene rings is 2. The number of nitrogens with one attached hydrogen (secondary N) is 1. The van der Waals surface area contributed by atoms with Crippen molar-refractivity contribution in [2.75, 3.05) is 20.3 Å². The van der Waals surface area contributed by atoms with Gasteiger partial charge in [0.2, 0.25) is 0 Å². The molecule has 0 saturated carbocycles. The van der Waals surface area contributed by atoms with Crippen LogP contribution in [0.25, 0.3) is 10.9 Å². The van der Waals surface area contributed by atoms with E-state index in [1.165, 1.54) is 11.8 Å². The lowest BCUT2D eigenvalue weighted by molar-refractivity contribution is 0.0950. The van der Waals surface area contributed by atoms with Crippen LogP contribution in [0.1, 0.15) is 16.8 Å². The molecule has 0 atom stereocenters. The van der Waals surface area contributed by atoms with Gasteiger partial charge < -0.3 is 10.1 Å². The van der Waals surface area contributed by atoms with Crippen LogP contribution in [-0.2, 0) is 4.74 Å². The Bertz CT molecular complexity index is 917. The van der Waals surface area contributed by atoms with Crippen molar-refractivity contribution in [1.82, 2.24) is 10.3 Å². The molecule has 3 aromatic rings. The standard InChI is InChI=1S/C20H19ClN2O2S/c1-25-12-6-11-22-20(24)15-13-19(23-17-9-4-2-7-14(15)17)26-18-10-5-3-8-16(18)21/h2-5,7-10,13H,6,11-12H2,1H3,(H,22,24). The predicted octanol–water partition coefficient (Wildman–Crippen LogP) is 4.81. The number of carbonyl (C=O) groups is 1. The monoisotopic (exact) mass is 386 g/mol. The Labute approximate surface area is 161 Å². The third kappa shape index (κ3) is 4.55. The number of hydrogen-bond donors (Lipinski definition) is 1. The molecule has 0 aliphatic carbocycles. The summed E-state index contributed by atoms with van der Waals surface area (Å²) in [6.07, 6.45) is 0.770. The molecule has 4 nitrogen and oxygen atoms in total. The third-order valence-electron chi connectivity index (χ3n) is 3.80. The van der Waals surface area contributed by atoms with E-state index in [0.717, 1.165) is 27.2 Å². The summed E-state index contributed by atoms with van der Waals surface area (Å²) in [6.45, 7) is 1.18. The van der Waals surface area contributed by atoms with Crippen molar-refractivity contribution in [3.8, 4) is 0 Å². The fourth-order valence-electron chi connectivity index (χ4n) is 2.55. The summed E-state index contributed by atoms with van der Waals surface area (Å²) in [7, 11) is 1.65. The summed E-state index contributed by atoms with van der Waals surface area (Å²) in [6, 6.07) is 17.1. The molecule has 0 spiro atoms. The highest BCUT2D eigenvalue weighted by Crippen LogP contribution is 2.33. The molecule has 2 aromatic carbocycles. The second-order valence-corrected chi connectivity index (χ2v) is 7.13. The normalized spacial score (nSPS) is 10.8. The topological polar surface area (TPSA) is 51.2 Å². The summed E-state index contributed by atoms with van der Waals surface area (Å²) >= 11 is 7.70. The fraction of sp³-hybridized carbons (Fsp3) is 0.200. The number of methoxy groups -OCH3 is 1. The molecule has 0 fully saturated rings. The van der Waals surface area contributed by atoms with E-state index in [1.807, 2.05) is 54.6 Å². The Morgan fingerprint density at radius 1 is 1.19 bits per heavy atom. The zero-order chi connectivity index (χ0) is 18.4. The summed E-state index contributed by atoms with van der Waals surface area (Å²) in [5, 5.41) is 5.18.